The molecular weight excluding hydrogens is 331 g/mol. The maximum absolute atomic E-state index is 13.8. The molecule has 24 heavy (non-hydrogen) atoms. The number of para-hydroxylation sites is 1. The van der Waals surface area contributed by atoms with Gasteiger partial charge in [-0.3, -0.25) is 4.98 Å². The minimum atomic E-state index is -3.79. The Balaban J connectivity index is 1.73. The van der Waals surface area contributed by atoms with E-state index in [0.717, 1.165) is 6.07 Å². The summed E-state index contributed by atoms with van der Waals surface area (Å²) in [5.41, 5.74) is 0.0286. The highest BCUT2D eigenvalue weighted by atomic mass is 32.2. The van der Waals surface area contributed by atoms with Crippen molar-refractivity contribution in [3.63, 3.8) is 0 Å². The summed E-state index contributed by atoms with van der Waals surface area (Å²) in [5.74, 6) is 0.102. The van der Waals surface area contributed by atoms with Gasteiger partial charge in [0.1, 0.15) is 23.7 Å². The smallest absolute Gasteiger partial charge is 0.241 e. The Morgan fingerprint density at radius 2 is 1.83 bits per heavy atom. The van der Waals surface area contributed by atoms with Crippen molar-refractivity contribution in [2.24, 2.45) is 0 Å². The first kappa shape index (κ1) is 16.4. The lowest BCUT2D eigenvalue weighted by atomic mass is 10.2. The molecule has 1 N–H and O–H groups in total. The van der Waals surface area contributed by atoms with E-state index in [4.69, 9.17) is 4.74 Å². The zero-order chi connectivity index (χ0) is 17.0. The molecule has 0 fully saturated rings. The molecule has 0 aliphatic heterocycles. The molecule has 0 radical (unpaired) electrons. The number of fused-ring (bicyclic) bond motifs is 1. The summed E-state index contributed by atoms with van der Waals surface area (Å²) in [6, 6.07) is 14.5. The molecule has 0 aliphatic rings. The SMILES string of the molecule is O=S(=O)(NCCOc1ccccc1)c1ccc(F)c2ncccc12. The Morgan fingerprint density at radius 3 is 2.62 bits per heavy atom. The van der Waals surface area contributed by atoms with Gasteiger partial charge in [0.15, 0.2) is 0 Å². The van der Waals surface area contributed by atoms with E-state index in [-0.39, 0.29) is 29.0 Å². The van der Waals surface area contributed by atoms with Crippen LogP contribution in [0.5, 0.6) is 5.75 Å². The highest BCUT2D eigenvalue weighted by molar-refractivity contribution is 7.89. The fraction of sp³-hybridized carbons (Fsp3) is 0.118. The van der Waals surface area contributed by atoms with E-state index in [1.54, 1.807) is 18.2 Å². The first-order chi connectivity index (χ1) is 11.6. The average Bonchev–Trinajstić information content (AvgIpc) is 2.60. The quantitative estimate of drug-likeness (QED) is 0.697. The number of nitrogens with one attached hydrogen (secondary N) is 1. The molecule has 3 rings (SSSR count). The van der Waals surface area contributed by atoms with Gasteiger partial charge < -0.3 is 4.74 Å². The van der Waals surface area contributed by atoms with Gasteiger partial charge in [0.25, 0.3) is 0 Å². The molecule has 1 heterocycles. The highest BCUT2D eigenvalue weighted by Crippen LogP contribution is 2.23. The maximum atomic E-state index is 13.8. The van der Waals surface area contributed by atoms with Gasteiger partial charge in [0, 0.05) is 18.1 Å². The maximum Gasteiger partial charge on any atom is 0.241 e. The first-order valence-corrected chi connectivity index (χ1v) is 8.77. The van der Waals surface area contributed by atoms with E-state index in [0.29, 0.717) is 5.75 Å². The molecule has 7 heteroatoms. The van der Waals surface area contributed by atoms with Crippen LogP contribution in [0.3, 0.4) is 0 Å². The van der Waals surface area contributed by atoms with Crippen LogP contribution in [0, 0.1) is 5.82 Å². The van der Waals surface area contributed by atoms with Crippen LogP contribution in [0.1, 0.15) is 0 Å². The highest BCUT2D eigenvalue weighted by Gasteiger charge is 2.18. The number of ether oxygens (including phenoxy) is 1. The molecule has 2 aromatic carbocycles. The van der Waals surface area contributed by atoms with Crippen LogP contribution in [-0.4, -0.2) is 26.6 Å². The number of rotatable bonds is 6. The lowest BCUT2D eigenvalue weighted by molar-refractivity contribution is 0.323. The topological polar surface area (TPSA) is 68.3 Å². The Labute approximate surface area is 139 Å². The van der Waals surface area contributed by atoms with Crippen LogP contribution < -0.4 is 9.46 Å². The molecule has 0 saturated heterocycles. The summed E-state index contributed by atoms with van der Waals surface area (Å²) in [4.78, 5) is 3.89. The van der Waals surface area contributed by atoms with Crippen molar-refractivity contribution in [1.82, 2.24) is 9.71 Å². The van der Waals surface area contributed by atoms with Crippen LogP contribution in [0.2, 0.25) is 0 Å². The molecule has 0 saturated carbocycles. The predicted octanol–water partition coefficient (Wildman–Crippen LogP) is 2.73. The summed E-state index contributed by atoms with van der Waals surface area (Å²) in [6.07, 6.45) is 1.42. The fourth-order valence-electron chi connectivity index (χ4n) is 2.29. The molecule has 0 aliphatic carbocycles. The van der Waals surface area contributed by atoms with Gasteiger partial charge in [-0.2, -0.15) is 0 Å². The third kappa shape index (κ3) is 3.52. The van der Waals surface area contributed by atoms with E-state index in [2.05, 4.69) is 9.71 Å². The minimum absolute atomic E-state index is 0.00767. The van der Waals surface area contributed by atoms with Crippen LogP contribution in [0.15, 0.2) is 65.7 Å². The van der Waals surface area contributed by atoms with Crippen molar-refractivity contribution in [3.05, 3.63) is 66.6 Å². The van der Waals surface area contributed by atoms with E-state index in [1.165, 1.54) is 18.3 Å². The van der Waals surface area contributed by atoms with Gasteiger partial charge in [-0.1, -0.05) is 18.2 Å². The second kappa shape index (κ2) is 6.94. The monoisotopic (exact) mass is 346 g/mol. The zero-order valence-corrected chi connectivity index (χ0v) is 13.5. The van der Waals surface area contributed by atoms with Crippen LogP contribution in [0.4, 0.5) is 4.39 Å². The Hall–Kier alpha value is -2.51. The number of benzene rings is 2. The number of pyridine rings is 1. The van der Waals surface area contributed by atoms with Gasteiger partial charge in [0.2, 0.25) is 10.0 Å². The molecule has 124 valence electrons. The fourth-order valence-corrected chi connectivity index (χ4v) is 3.49. The molecular formula is C17H15FN2O3S. The molecule has 0 unspecified atom stereocenters. The van der Waals surface area contributed by atoms with E-state index in [1.807, 2.05) is 18.2 Å². The molecule has 0 spiro atoms. The summed E-state index contributed by atoms with van der Waals surface area (Å²) >= 11 is 0. The number of hydrogen-bond acceptors (Lipinski definition) is 4. The third-order valence-electron chi connectivity index (χ3n) is 3.38. The lowest BCUT2D eigenvalue weighted by Crippen LogP contribution is -2.28. The van der Waals surface area contributed by atoms with Gasteiger partial charge in [0.05, 0.1) is 4.90 Å². The van der Waals surface area contributed by atoms with Crippen LogP contribution >= 0.6 is 0 Å². The summed E-state index contributed by atoms with van der Waals surface area (Å²) in [5, 5.41) is 0.244. The number of aromatic nitrogens is 1. The summed E-state index contributed by atoms with van der Waals surface area (Å²) in [7, 11) is -3.79. The molecule has 0 amide bonds. The van der Waals surface area contributed by atoms with Crippen molar-refractivity contribution in [2.75, 3.05) is 13.2 Å². The second-order valence-electron chi connectivity index (χ2n) is 5.00. The van der Waals surface area contributed by atoms with Gasteiger partial charge in [-0.25, -0.2) is 17.5 Å². The van der Waals surface area contributed by atoms with Gasteiger partial charge in [-0.05, 0) is 36.4 Å². The number of halogens is 1. The van der Waals surface area contributed by atoms with Crippen molar-refractivity contribution >= 4 is 20.9 Å². The Bertz CT molecular complexity index is 946. The normalized spacial score (nSPS) is 11.5. The van der Waals surface area contributed by atoms with Crippen molar-refractivity contribution in [1.29, 1.82) is 0 Å². The molecule has 3 aromatic rings. The van der Waals surface area contributed by atoms with Gasteiger partial charge in [-0.15, -0.1) is 0 Å². The van der Waals surface area contributed by atoms with Crippen molar-refractivity contribution in [2.45, 2.75) is 4.90 Å². The minimum Gasteiger partial charge on any atom is -0.492 e. The molecule has 1 aromatic heterocycles. The van der Waals surface area contributed by atoms with Crippen LogP contribution in [-0.2, 0) is 10.0 Å². The van der Waals surface area contributed by atoms with Crippen molar-refractivity contribution in [3.8, 4) is 5.75 Å². The molecule has 0 bridgehead atoms. The largest absolute Gasteiger partial charge is 0.492 e. The second-order valence-corrected chi connectivity index (χ2v) is 6.74. The molecule has 0 atom stereocenters. The van der Waals surface area contributed by atoms with Gasteiger partial charge >= 0.3 is 0 Å². The van der Waals surface area contributed by atoms with Crippen molar-refractivity contribution < 1.29 is 17.5 Å². The number of sulfonamides is 1. The Morgan fingerprint density at radius 1 is 1.04 bits per heavy atom. The van der Waals surface area contributed by atoms with E-state index in [9.17, 15) is 12.8 Å². The summed E-state index contributed by atoms with van der Waals surface area (Å²) < 4.78 is 46.6. The third-order valence-corrected chi connectivity index (χ3v) is 4.90. The predicted molar refractivity (Wildman–Crippen MR) is 88.8 cm³/mol. The first-order valence-electron chi connectivity index (χ1n) is 7.29. The number of nitrogens with zero attached hydrogens (tertiary/aromatic N) is 1. The van der Waals surface area contributed by atoms with E-state index < -0.39 is 15.8 Å². The summed E-state index contributed by atoms with van der Waals surface area (Å²) in [6.45, 7) is 0.275. The standard InChI is InChI=1S/C17H15FN2O3S/c18-15-8-9-16(14-7-4-10-19-17(14)15)24(21,22)20-11-12-23-13-5-2-1-3-6-13/h1-10,20H,11-12H2. The van der Waals surface area contributed by atoms with Crippen LogP contribution in [0.25, 0.3) is 10.9 Å². The molecule has 5 nitrogen and oxygen atoms in total. The van der Waals surface area contributed by atoms with E-state index >= 15 is 0 Å². The zero-order valence-electron chi connectivity index (χ0n) is 12.6. The number of hydrogen-bond donors (Lipinski definition) is 1. The Kier molecular flexibility index (Phi) is 4.73. The average molecular weight is 346 g/mol. The lowest BCUT2D eigenvalue weighted by Gasteiger charge is -2.10.